The molecule has 0 bridgehead atoms. The third-order valence-electron chi connectivity index (χ3n) is 3.12. The summed E-state index contributed by atoms with van der Waals surface area (Å²) >= 11 is 1.83. The van der Waals surface area contributed by atoms with Crippen molar-refractivity contribution >= 4 is 34.3 Å². The molecule has 3 aromatic heterocycles. The van der Waals surface area contributed by atoms with E-state index in [2.05, 4.69) is 49.6 Å². The van der Waals surface area contributed by atoms with Gasteiger partial charge in [-0.1, -0.05) is 6.92 Å². The number of aromatic nitrogens is 4. The number of fused-ring (bicyclic) bond motifs is 1. The first kappa shape index (κ1) is 13.8. The van der Waals surface area contributed by atoms with Crippen molar-refractivity contribution < 1.29 is 0 Å². The molecule has 0 aliphatic heterocycles. The number of anilines is 2. The van der Waals surface area contributed by atoms with E-state index in [1.165, 1.54) is 9.75 Å². The molecule has 0 saturated carbocycles. The van der Waals surface area contributed by atoms with Crippen LogP contribution in [0.25, 0.3) is 11.2 Å². The standard InChI is InChI=1S/C14H18N6S/c1-3-9-5-6-10(21-9)7-16-12-11-13(18-8-17-11)20-14(19-12)15-4-2/h5-6,8H,3-4,7H2,1-2H3,(H3,15,16,17,18,19,20). The monoisotopic (exact) mass is 302 g/mol. The van der Waals surface area contributed by atoms with Crippen molar-refractivity contribution in [3.8, 4) is 0 Å². The van der Waals surface area contributed by atoms with E-state index in [1.54, 1.807) is 6.33 Å². The minimum atomic E-state index is 0.597. The number of imidazole rings is 1. The van der Waals surface area contributed by atoms with Crippen LogP contribution in [0, 0.1) is 0 Å². The number of hydrogen-bond acceptors (Lipinski definition) is 6. The minimum Gasteiger partial charge on any atom is -0.363 e. The van der Waals surface area contributed by atoms with Crippen molar-refractivity contribution in [1.29, 1.82) is 0 Å². The molecule has 3 rings (SSSR count). The number of nitrogens with one attached hydrogen (secondary N) is 3. The Morgan fingerprint density at radius 1 is 1.14 bits per heavy atom. The fourth-order valence-electron chi connectivity index (χ4n) is 2.08. The number of aromatic amines is 1. The highest BCUT2D eigenvalue weighted by Gasteiger charge is 2.09. The average molecular weight is 302 g/mol. The van der Waals surface area contributed by atoms with Gasteiger partial charge in [0.25, 0.3) is 0 Å². The average Bonchev–Trinajstić information content (AvgIpc) is 3.13. The number of hydrogen-bond donors (Lipinski definition) is 3. The molecule has 7 heteroatoms. The molecule has 0 fully saturated rings. The Bertz CT molecular complexity index is 732. The lowest BCUT2D eigenvalue weighted by molar-refractivity contribution is 1.08. The first-order valence-corrected chi connectivity index (χ1v) is 7.88. The van der Waals surface area contributed by atoms with Gasteiger partial charge in [-0.25, -0.2) is 4.98 Å². The number of H-pyrrole nitrogens is 1. The molecule has 0 saturated heterocycles. The van der Waals surface area contributed by atoms with Crippen LogP contribution in [0.1, 0.15) is 23.6 Å². The zero-order chi connectivity index (χ0) is 14.7. The molecule has 21 heavy (non-hydrogen) atoms. The van der Waals surface area contributed by atoms with Gasteiger partial charge in [-0.2, -0.15) is 9.97 Å². The molecule has 0 aromatic carbocycles. The Morgan fingerprint density at radius 3 is 2.76 bits per heavy atom. The molecule has 0 unspecified atom stereocenters. The molecule has 0 aliphatic carbocycles. The highest BCUT2D eigenvalue weighted by Crippen LogP contribution is 2.22. The van der Waals surface area contributed by atoms with Crippen LogP contribution in [-0.4, -0.2) is 26.5 Å². The van der Waals surface area contributed by atoms with Gasteiger partial charge in [0, 0.05) is 16.3 Å². The van der Waals surface area contributed by atoms with Gasteiger partial charge in [0.15, 0.2) is 11.5 Å². The Kier molecular flexibility index (Phi) is 4.01. The topological polar surface area (TPSA) is 78.5 Å². The maximum atomic E-state index is 4.50. The van der Waals surface area contributed by atoms with Crippen LogP contribution < -0.4 is 10.6 Å². The number of rotatable bonds is 6. The second kappa shape index (κ2) is 6.09. The molecular weight excluding hydrogens is 284 g/mol. The van der Waals surface area contributed by atoms with Crippen molar-refractivity contribution in [2.45, 2.75) is 26.8 Å². The van der Waals surface area contributed by atoms with Crippen LogP contribution in [0.2, 0.25) is 0 Å². The number of aryl methyl sites for hydroxylation is 1. The quantitative estimate of drug-likeness (QED) is 0.652. The summed E-state index contributed by atoms with van der Waals surface area (Å²) in [5.41, 5.74) is 1.51. The highest BCUT2D eigenvalue weighted by molar-refractivity contribution is 7.12. The summed E-state index contributed by atoms with van der Waals surface area (Å²) in [5.74, 6) is 1.37. The summed E-state index contributed by atoms with van der Waals surface area (Å²) in [4.78, 5) is 18.9. The van der Waals surface area contributed by atoms with Crippen LogP contribution in [0.5, 0.6) is 0 Å². The van der Waals surface area contributed by atoms with Crippen molar-refractivity contribution in [2.24, 2.45) is 0 Å². The van der Waals surface area contributed by atoms with Crippen LogP contribution in [-0.2, 0) is 13.0 Å². The Hall–Kier alpha value is -2.15. The van der Waals surface area contributed by atoms with E-state index in [0.29, 0.717) is 11.6 Å². The van der Waals surface area contributed by atoms with Gasteiger partial charge >= 0.3 is 0 Å². The zero-order valence-electron chi connectivity index (χ0n) is 12.1. The minimum absolute atomic E-state index is 0.597. The van der Waals surface area contributed by atoms with Gasteiger partial charge in [0.05, 0.1) is 12.9 Å². The maximum absolute atomic E-state index is 4.50. The summed E-state index contributed by atoms with van der Waals surface area (Å²) in [6, 6.07) is 4.34. The van der Waals surface area contributed by atoms with Crippen molar-refractivity contribution in [3.05, 3.63) is 28.2 Å². The highest BCUT2D eigenvalue weighted by atomic mass is 32.1. The molecule has 3 N–H and O–H groups in total. The Balaban J connectivity index is 1.83. The van der Waals surface area contributed by atoms with Gasteiger partial charge in [-0.15, -0.1) is 11.3 Å². The molecule has 0 amide bonds. The van der Waals surface area contributed by atoms with Crippen LogP contribution in [0.4, 0.5) is 11.8 Å². The third kappa shape index (κ3) is 2.97. The first-order valence-electron chi connectivity index (χ1n) is 7.06. The van der Waals surface area contributed by atoms with Crippen LogP contribution in [0.3, 0.4) is 0 Å². The van der Waals surface area contributed by atoms with Crippen molar-refractivity contribution in [1.82, 2.24) is 19.9 Å². The summed E-state index contributed by atoms with van der Waals surface area (Å²) in [5, 5.41) is 6.50. The first-order chi connectivity index (χ1) is 10.3. The summed E-state index contributed by atoms with van der Waals surface area (Å²) in [6.45, 7) is 5.72. The summed E-state index contributed by atoms with van der Waals surface area (Å²) < 4.78 is 0. The summed E-state index contributed by atoms with van der Waals surface area (Å²) in [6.07, 6.45) is 2.72. The molecule has 0 radical (unpaired) electrons. The van der Waals surface area contributed by atoms with Gasteiger partial charge in [-0.3, -0.25) is 0 Å². The molecule has 0 aliphatic rings. The normalized spacial score (nSPS) is 11.0. The fraction of sp³-hybridized carbons (Fsp3) is 0.357. The third-order valence-corrected chi connectivity index (χ3v) is 4.35. The number of thiophene rings is 1. The Morgan fingerprint density at radius 2 is 2.00 bits per heavy atom. The van der Waals surface area contributed by atoms with E-state index >= 15 is 0 Å². The lowest BCUT2D eigenvalue weighted by Gasteiger charge is -2.07. The molecule has 3 aromatic rings. The zero-order valence-corrected chi connectivity index (χ0v) is 12.9. The maximum Gasteiger partial charge on any atom is 0.226 e. The van der Waals surface area contributed by atoms with Gasteiger partial charge < -0.3 is 15.6 Å². The van der Waals surface area contributed by atoms with E-state index in [9.17, 15) is 0 Å². The lowest BCUT2D eigenvalue weighted by atomic mass is 10.3. The fourth-order valence-corrected chi connectivity index (χ4v) is 2.97. The molecule has 3 heterocycles. The Labute approximate surface area is 127 Å². The predicted octanol–water partition coefficient (Wildman–Crippen LogP) is 3.02. The van der Waals surface area contributed by atoms with Crippen molar-refractivity contribution in [2.75, 3.05) is 17.2 Å². The van der Waals surface area contributed by atoms with E-state index in [4.69, 9.17) is 0 Å². The second-order valence-electron chi connectivity index (χ2n) is 4.60. The number of nitrogens with zero attached hydrogens (tertiary/aromatic N) is 3. The van der Waals surface area contributed by atoms with Crippen molar-refractivity contribution in [3.63, 3.8) is 0 Å². The van der Waals surface area contributed by atoms with Gasteiger partial charge in [0.2, 0.25) is 5.95 Å². The van der Waals surface area contributed by atoms with E-state index in [0.717, 1.165) is 30.8 Å². The molecule has 0 spiro atoms. The molecular formula is C14H18N6S. The smallest absolute Gasteiger partial charge is 0.226 e. The largest absolute Gasteiger partial charge is 0.363 e. The van der Waals surface area contributed by atoms with Crippen LogP contribution >= 0.6 is 11.3 Å². The van der Waals surface area contributed by atoms with E-state index < -0.39 is 0 Å². The molecule has 0 atom stereocenters. The molecule has 110 valence electrons. The van der Waals surface area contributed by atoms with Gasteiger partial charge in [0.1, 0.15) is 5.52 Å². The molecule has 6 nitrogen and oxygen atoms in total. The SMILES string of the molecule is CCNc1nc(NCc2ccc(CC)s2)c2[nH]cnc2n1. The summed E-state index contributed by atoms with van der Waals surface area (Å²) in [7, 11) is 0. The predicted molar refractivity (Wildman–Crippen MR) is 86.9 cm³/mol. The van der Waals surface area contributed by atoms with Crippen LogP contribution in [0.15, 0.2) is 18.5 Å². The lowest BCUT2D eigenvalue weighted by Crippen LogP contribution is -2.07. The second-order valence-corrected chi connectivity index (χ2v) is 5.86. The van der Waals surface area contributed by atoms with Gasteiger partial charge in [-0.05, 0) is 25.5 Å². The van der Waals surface area contributed by atoms with E-state index in [1.807, 2.05) is 18.3 Å². The van der Waals surface area contributed by atoms with E-state index in [-0.39, 0.29) is 0 Å².